The molecule has 0 N–H and O–H groups in total. The Bertz CT molecular complexity index is 906. The second-order valence-electron chi connectivity index (χ2n) is 5.55. The largest absolute Gasteiger partial charge is 0.284 e. The predicted molar refractivity (Wildman–Crippen MR) is 108 cm³/mol. The molecule has 24 heavy (non-hydrogen) atoms. The molecule has 0 atom stereocenters. The summed E-state index contributed by atoms with van der Waals surface area (Å²) in [5.74, 6) is 0. The lowest BCUT2D eigenvalue weighted by Gasteiger charge is -2.15. The molecule has 3 aromatic rings. The van der Waals surface area contributed by atoms with Gasteiger partial charge < -0.3 is 0 Å². The van der Waals surface area contributed by atoms with Gasteiger partial charge in [-0.25, -0.2) is 0 Å². The zero-order valence-electron chi connectivity index (χ0n) is 12.9. The standard InChI is InChI=1S/C19H15BrN2S2/c20-18-8-7-17(24-18)16-6-5-15(23-16)11-13-3-2-10-22-19(13)14-4-1-9-21-12-14/h1,4-9,11-12H,2-3,10H2. The van der Waals surface area contributed by atoms with Gasteiger partial charge >= 0.3 is 0 Å². The van der Waals surface area contributed by atoms with Crippen molar-refractivity contribution >= 4 is 50.4 Å². The first-order chi connectivity index (χ1) is 11.8. The first-order valence-corrected chi connectivity index (χ1v) is 10.2. The maximum atomic E-state index is 4.75. The number of hydrogen-bond donors (Lipinski definition) is 0. The molecule has 2 nitrogen and oxygen atoms in total. The number of hydrogen-bond acceptors (Lipinski definition) is 4. The Morgan fingerprint density at radius 3 is 2.71 bits per heavy atom. The number of thiophene rings is 2. The first-order valence-electron chi connectivity index (χ1n) is 7.81. The van der Waals surface area contributed by atoms with Crippen LogP contribution in [0.3, 0.4) is 0 Å². The molecule has 0 aromatic carbocycles. The van der Waals surface area contributed by atoms with E-state index in [1.165, 1.54) is 24.0 Å². The number of pyridine rings is 1. The fraction of sp³-hybridized carbons (Fsp3) is 0.158. The smallest absolute Gasteiger partial charge is 0.0705 e. The summed E-state index contributed by atoms with van der Waals surface area (Å²) in [5, 5.41) is 0. The highest BCUT2D eigenvalue weighted by atomic mass is 79.9. The van der Waals surface area contributed by atoms with E-state index in [1.807, 2.05) is 23.6 Å². The molecule has 1 aliphatic rings. The maximum absolute atomic E-state index is 4.75. The Morgan fingerprint density at radius 1 is 1.04 bits per heavy atom. The summed E-state index contributed by atoms with van der Waals surface area (Å²) >= 11 is 7.14. The third kappa shape index (κ3) is 3.43. The van der Waals surface area contributed by atoms with Crippen molar-refractivity contribution in [2.75, 3.05) is 6.54 Å². The number of nitrogens with zero attached hydrogens (tertiary/aromatic N) is 2. The normalized spacial score (nSPS) is 16.4. The van der Waals surface area contributed by atoms with Crippen molar-refractivity contribution in [3.8, 4) is 9.75 Å². The minimum atomic E-state index is 0.903. The molecule has 0 fully saturated rings. The van der Waals surface area contributed by atoms with E-state index in [1.54, 1.807) is 17.5 Å². The van der Waals surface area contributed by atoms with Crippen LogP contribution in [0.4, 0.5) is 0 Å². The van der Waals surface area contributed by atoms with Gasteiger partial charge in [0.1, 0.15) is 0 Å². The number of aliphatic imine (C=N–C) groups is 1. The Morgan fingerprint density at radius 2 is 1.92 bits per heavy atom. The van der Waals surface area contributed by atoms with Gasteiger partial charge in [0.25, 0.3) is 0 Å². The molecule has 4 rings (SSSR count). The van der Waals surface area contributed by atoms with Crippen LogP contribution in [0.5, 0.6) is 0 Å². The van der Waals surface area contributed by atoms with Crippen LogP contribution < -0.4 is 0 Å². The van der Waals surface area contributed by atoms with Crippen LogP contribution in [-0.4, -0.2) is 17.2 Å². The van der Waals surface area contributed by atoms with Crippen LogP contribution in [0.1, 0.15) is 23.3 Å². The monoisotopic (exact) mass is 414 g/mol. The number of allylic oxidation sites excluding steroid dienone is 1. The zero-order chi connectivity index (χ0) is 16.4. The molecule has 0 unspecified atom stereocenters. The minimum Gasteiger partial charge on any atom is -0.284 e. The van der Waals surface area contributed by atoms with Crippen LogP contribution in [0.25, 0.3) is 15.8 Å². The van der Waals surface area contributed by atoms with Gasteiger partial charge in [-0.3, -0.25) is 9.98 Å². The van der Waals surface area contributed by atoms with Gasteiger partial charge in [-0.2, -0.15) is 0 Å². The average molecular weight is 415 g/mol. The average Bonchev–Trinajstić information content (AvgIpc) is 3.25. The van der Waals surface area contributed by atoms with E-state index in [4.69, 9.17) is 4.99 Å². The van der Waals surface area contributed by atoms with E-state index in [9.17, 15) is 0 Å². The van der Waals surface area contributed by atoms with Crippen LogP contribution >= 0.6 is 38.6 Å². The SMILES string of the molecule is Brc1ccc(-c2ccc(C=C3CCCN=C3c3cccnc3)s2)s1. The van der Waals surface area contributed by atoms with Crippen molar-refractivity contribution < 1.29 is 0 Å². The van der Waals surface area contributed by atoms with E-state index in [2.05, 4.69) is 57.3 Å². The van der Waals surface area contributed by atoms with Crippen LogP contribution in [0, 0.1) is 0 Å². The summed E-state index contributed by atoms with van der Waals surface area (Å²) in [5.41, 5.74) is 3.53. The van der Waals surface area contributed by atoms with Crippen molar-refractivity contribution in [2.45, 2.75) is 12.8 Å². The molecule has 3 aromatic heterocycles. The summed E-state index contributed by atoms with van der Waals surface area (Å²) in [6, 6.07) is 12.7. The number of aromatic nitrogens is 1. The zero-order valence-corrected chi connectivity index (χ0v) is 16.1. The Labute approximate surface area is 157 Å². The molecule has 0 spiro atoms. The van der Waals surface area contributed by atoms with Crippen molar-refractivity contribution in [3.63, 3.8) is 0 Å². The Balaban J connectivity index is 1.66. The van der Waals surface area contributed by atoms with Crippen LogP contribution in [0.2, 0.25) is 0 Å². The van der Waals surface area contributed by atoms with Crippen molar-refractivity contribution in [1.82, 2.24) is 4.98 Å². The van der Waals surface area contributed by atoms with Crippen LogP contribution in [-0.2, 0) is 0 Å². The lowest BCUT2D eigenvalue weighted by molar-refractivity contribution is 0.818. The van der Waals surface area contributed by atoms with E-state index in [0.29, 0.717) is 0 Å². The van der Waals surface area contributed by atoms with Crippen LogP contribution in [0.15, 0.2) is 63.1 Å². The highest BCUT2D eigenvalue weighted by molar-refractivity contribution is 9.11. The topological polar surface area (TPSA) is 25.2 Å². The molecule has 4 heterocycles. The van der Waals surface area contributed by atoms with Crippen molar-refractivity contribution in [3.05, 3.63) is 68.6 Å². The highest BCUT2D eigenvalue weighted by Crippen LogP contribution is 2.36. The maximum Gasteiger partial charge on any atom is 0.0705 e. The van der Waals surface area contributed by atoms with E-state index >= 15 is 0 Å². The lowest BCUT2D eigenvalue weighted by atomic mass is 9.96. The number of rotatable bonds is 3. The van der Waals surface area contributed by atoms with Gasteiger partial charge in [0.15, 0.2) is 0 Å². The van der Waals surface area contributed by atoms with Crippen molar-refractivity contribution in [1.29, 1.82) is 0 Å². The molecule has 0 aliphatic carbocycles. The second kappa shape index (κ2) is 7.13. The Hall–Kier alpha value is -1.56. The third-order valence-corrected chi connectivity index (χ3v) is 6.72. The van der Waals surface area contributed by atoms with Gasteiger partial charge in [-0.15, -0.1) is 22.7 Å². The molecule has 0 radical (unpaired) electrons. The summed E-state index contributed by atoms with van der Waals surface area (Å²) in [6.07, 6.45) is 8.20. The van der Waals surface area contributed by atoms with E-state index < -0.39 is 0 Å². The molecule has 5 heteroatoms. The summed E-state index contributed by atoms with van der Waals surface area (Å²) < 4.78 is 1.17. The Kier molecular flexibility index (Phi) is 4.74. The highest BCUT2D eigenvalue weighted by Gasteiger charge is 2.15. The fourth-order valence-corrected chi connectivity index (χ4v) is 5.23. The minimum absolute atomic E-state index is 0.903. The lowest BCUT2D eigenvalue weighted by Crippen LogP contribution is -2.11. The molecule has 0 saturated carbocycles. The summed E-state index contributed by atoms with van der Waals surface area (Å²) in [4.78, 5) is 12.9. The molecule has 0 saturated heterocycles. The fourth-order valence-electron chi connectivity index (χ4n) is 2.78. The third-order valence-electron chi connectivity index (χ3n) is 3.87. The van der Waals surface area contributed by atoms with E-state index in [-0.39, 0.29) is 0 Å². The molecular formula is C19H15BrN2S2. The molecular weight excluding hydrogens is 400 g/mol. The number of halogens is 1. The van der Waals surface area contributed by atoms with Gasteiger partial charge in [-0.05, 0) is 76.8 Å². The molecule has 0 bridgehead atoms. The second-order valence-corrected chi connectivity index (χ2v) is 9.13. The predicted octanol–water partition coefficient (Wildman–Crippen LogP) is 6.30. The summed E-state index contributed by atoms with van der Waals surface area (Å²) in [6.45, 7) is 0.903. The van der Waals surface area contributed by atoms with Gasteiger partial charge in [-0.1, -0.05) is 0 Å². The first kappa shape index (κ1) is 15.9. The van der Waals surface area contributed by atoms with Gasteiger partial charge in [0.05, 0.1) is 9.50 Å². The molecule has 120 valence electrons. The molecule has 0 amide bonds. The van der Waals surface area contributed by atoms with Gasteiger partial charge in [0.2, 0.25) is 0 Å². The molecule has 1 aliphatic heterocycles. The quantitative estimate of drug-likeness (QED) is 0.493. The van der Waals surface area contributed by atoms with Crippen molar-refractivity contribution in [2.24, 2.45) is 4.99 Å². The summed E-state index contributed by atoms with van der Waals surface area (Å²) in [7, 11) is 0. The van der Waals surface area contributed by atoms with Gasteiger partial charge in [0, 0.05) is 39.1 Å². The van der Waals surface area contributed by atoms with E-state index in [0.717, 1.165) is 30.7 Å².